The zero-order valence-electron chi connectivity index (χ0n) is 10.1. The van der Waals surface area contributed by atoms with Crippen molar-refractivity contribution in [3.63, 3.8) is 0 Å². The lowest BCUT2D eigenvalue weighted by atomic mass is 10.2. The molecule has 0 aliphatic rings. The molecule has 4 nitrogen and oxygen atoms in total. The van der Waals surface area contributed by atoms with Crippen molar-refractivity contribution in [3.8, 4) is 5.75 Å². The molecular weight excluding hydrogens is 240 g/mol. The second-order valence-corrected chi connectivity index (χ2v) is 3.76. The Bertz CT molecular complexity index is 356. The third kappa shape index (κ3) is 5.56. The van der Waals surface area contributed by atoms with Gasteiger partial charge in [0.05, 0.1) is 12.8 Å². The summed E-state index contributed by atoms with van der Waals surface area (Å²) in [5.41, 5.74) is 6.28. The molecule has 0 spiro atoms. The van der Waals surface area contributed by atoms with Crippen molar-refractivity contribution in [2.24, 2.45) is 5.73 Å². The number of para-hydroxylation sites is 2. The number of carbonyl (C=O) groups excluding carboxylic acids is 1. The molecule has 0 aliphatic carbocycles. The minimum atomic E-state index is -0.0400. The Morgan fingerprint density at radius 1 is 1.47 bits per heavy atom. The van der Waals surface area contributed by atoms with Crippen LogP contribution in [0.2, 0.25) is 0 Å². The average Bonchev–Trinajstić information content (AvgIpc) is 2.27. The Morgan fingerprint density at radius 2 is 2.12 bits per heavy atom. The van der Waals surface area contributed by atoms with Crippen LogP contribution in [0.5, 0.6) is 5.75 Å². The van der Waals surface area contributed by atoms with E-state index in [1.54, 1.807) is 13.2 Å². The highest BCUT2D eigenvalue weighted by atomic mass is 35.5. The SMILES string of the molecule is COc1ccccc1NC(=O)CCC(C)N.Cl. The predicted octanol–water partition coefficient (Wildman–Crippen LogP) is 2.18. The van der Waals surface area contributed by atoms with Gasteiger partial charge in [-0.25, -0.2) is 0 Å². The van der Waals surface area contributed by atoms with Gasteiger partial charge in [0.2, 0.25) is 5.91 Å². The Balaban J connectivity index is 0.00000256. The molecule has 96 valence electrons. The second kappa shape index (κ2) is 7.92. The van der Waals surface area contributed by atoms with Crippen LogP contribution in [0.3, 0.4) is 0 Å². The summed E-state index contributed by atoms with van der Waals surface area (Å²) >= 11 is 0. The first kappa shape index (κ1) is 15.7. The summed E-state index contributed by atoms with van der Waals surface area (Å²) in [5.74, 6) is 0.624. The van der Waals surface area contributed by atoms with Gasteiger partial charge in [0.15, 0.2) is 0 Å². The van der Waals surface area contributed by atoms with Crippen LogP contribution in [0.15, 0.2) is 24.3 Å². The van der Waals surface area contributed by atoms with Crippen molar-refractivity contribution < 1.29 is 9.53 Å². The molecule has 1 aromatic rings. The molecule has 0 bridgehead atoms. The lowest BCUT2D eigenvalue weighted by Gasteiger charge is -2.10. The molecule has 0 saturated carbocycles. The number of rotatable bonds is 5. The van der Waals surface area contributed by atoms with Gasteiger partial charge in [-0.1, -0.05) is 12.1 Å². The monoisotopic (exact) mass is 258 g/mol. The van der Waals surface area contributed by atoms with Crippen molar-refractivity contribution in [3.05, 3.63) is 24.3 Å². The van der Waals surface area contributed by atoms with E-state index in [-0.39, 0.29) is 24.4 Å². The van der Waals surface area contributed by atoms with Gasteiger partial charge in [-0.05, 0) is 25.5 Å². The zero-order valence-corrected chi connectivity index (χ0v) is 10.9. The Morgan fingerprint density at radius 3 is 2.71 bits per heavy atom. The summed E-state index contributed by atoms with van der Waals surface area (Å²) in [6.07, 6.45) is 1.11. The van der Waals surface area contributed by atoms with Gasteiger partial charge < -0.3 is 15.8 Å². The highest BCUT2D eigenvalue weighted by Crippen LogP contribution is 2.23. The largest absolute Gasteiger partial charge is 0.495 e. The van der Waals surface area contributed by atoms with Crippen LogP contribution in [0.4, 0.5) is 5.69 Å². The van der Waals surface area contributed by atoms with Crippen LogP contribution in [0.25, 0.3) is 0 Å². The van der Waals surface area contributed by atoms with Gasteiger partial charge in [-0.15, -0.1) is 12.4 Å². The molecule has 1 aromatic carbocycles. The number of ether oxygens (including phenoxy) is 1. The van der Waals surface area contributed by atoms with Gasteiger partial charge in [-0.3, -0.25) is 4.79 Å². The van der Waals surface area contributed by atoms with Crippen molar-refractivity contribution in [2.75, 3.05) is 12.4 Å². The van der Waals surface area contributed by atoms with E-state index in [1.807, 2.05) is 25.1 Å². The molecule has 0 aromatic heterocycles. The minimum Gasteiger partial charge on any atom is -0.495 e. The highest BCUT2D eigenvalue weighted by Gasteiger charge is 2.07. The number of hydrogen-bond acceptors (Lipinski definition) is 3. The topological polar surface area (TPSA) is 64.3 Å². The molecule has 17 heavy (non-hydrogen) atoms. The molecule has 1 rings (SSSR count). The van der Waals surface area contributed by atoms with Crippen LogP contribution < -0.4 is 15.8 Å². The second-order valence-electron chi connectivity index (χ2n) is 3.76. The number of nitrogens with one attached hydrogen (secondary N) is 1. The fraction of sp³-hybridized carbons (Fsp3) is 0.417. The van der Waals surface area contributed by atoms with Gasteiger partial charge in [0.25, 0.3) is 0 Å². The highest BCUT2D eigenvalue weighted by molar-refractivity contribution is 5.92. The number of benzene rings is 1. The minimum absolute atomic E-state index is 0. The van der Waals surface area contributed by atoms with Crippen molar-refractivity contribution in [1.82, 2.24) is 0 Å². The van der Waals surface area contributed by atoms with Gasteiger partial charge in [0.1, 0.15) is 5.75 Å². The molecule has 0 heterocycles. The lowest BCUT2D eigenvalue weighted by Crippen LogP contribution is -2.19. The first-order valence-corrected chi connectivity index (χ1v) is 5.32. The predicted molar refractivity (Wildman–Crippen MR) is 71.8 cm³/mol. The summed E-state index contributed by atoms with van der Waals surface area (Å²) < 4.78 is 5.13. The quantitative estimate of drug-likeness (QED) is 0.851. The number of anilines is 1. The van der Waals surface area contributed by atoms with Crippen LogP contribution in [-0.4, -0.2) is 19.1 Å². The summed E-state index contributed by atoms with van der Waals surface area (Å²) in [7, 11) is 1.58. The smallest absolute Gasteiger partial charge is 0.224 e. The van der Waals surface area contributed by atoms with E-state index >= 15 is 0 Å². The van der Waals surface area contributed by atoms with Crippen molar-refractivity contribution in [2.45, 2.75) is 25.8 Å². The maximum absolute atomic E-state index is 11.6. The number of halogens is 1. The van der Waals surface area contributed by atoms with Gasteiger partial charge in [0, 0.05) is 12.5 Å². The van der Waals surface area contributed by atoms with Gasteiger partial charge in [-0.2, -0.15) is 0 Å². The average molecular weight is 259 g/mol. The molecule has 1 unspecified atom stereocenters. The first-order chi connectivity index (χ1) is 7.63. The summed E-state index contributed by atoms with van der Waals surface area (Å²) in [6.45, 7) is 1.89. The number of nitrogens with two attached hydrogens (primary N) is 1. The van der Waals surface area contributed by atoms with E-state index in [0.29, 0.717) is 24.3 Å². The summed E-state index contributed by atoms with van der Waals surface area (Å²) in [6, 6.07) is 7.37. The van der Waals surface area contributed by atoms with Crippen LogP contribution in [0, 0.1) is 0 Å². The van der Waals surface area contributed by atoms with Gasteiger partial charge >= 0.3 is 0 Å². The number of methoxy groups -OCH3 is 1. The van der Waals surface area contributed by atoms with E-state index in [9.17, 15) is 4.79 Å². The standard InChI is InChI=1S/C12H18N2O2.ClH/c1-9(13)7-8-12(15)14-10-5-3-4-6-11(10)16-2;/h3-6,9H,7-8,13H2,1-2H3,(H,14,15);1H. The van der Waals surface area contributed by atoms with E-state index in [0.717, 1.165) is 0 Å². The number of hydrogen-bond donors (Lipinski definition) is 2. The molecule has 3 N–H and O–H groups in total. The molecule has 5 heteroatoms. The van der Waals surface area contributed by atoms with Crippen LogP contribution in [0.1, 0.15) is 19.8 Å². The Hall–Kier alpha value is -1.26. The number of amides is 1. The molecular formula is C12H19ClN2O2. The summed E-state index contributed by atoms with van der Waals surface area (Å²) in [4.78, 5) is 11.6. The van der Waals surface area contributed by atoms with E-state index < -0.39 is 0 Å². The van der Waals surface area contributed by atoms with E-state index in [2.05, 4.69) is 5.32 Å². The van der Waals surface area contributed by atoms with Crippen LogP contribution >= 0.6 is 12.4 Å². The zero-order chi connectivity index (χ0) is 12.0. The molecule has 1 amide bonds. The first-order valence-electron chi connectivity index (χ1n) is 5.32. The molecule has 0 saturated heterocycles. The van der Waals surface area contributed by atoms with Crippen molar-refractivity contribution in [1.29, 1.82) is 0 Å². The van der Waals surface area contributed by atoms with Crippen LogP contribution in [-0.2, 0) is 4.79 Å². The molecule has 0 fully saturated rings. The molecule has 0 radical (unpaired) electrons. The third-order valence-electron chi connectivity index (χ3n) is 2.21. The Kier molecular flexibility index (Phi) is 7.34. The van der Waals surface area contributed by atoms with Crippen molar-refractivity contribution >= 4 is 24.0 Å². The maximum Gasteiger partial charge on any atom is 0.224 e. The third-order valence-corrected chi connectivity index (χ3v) is 2.21. The molecule has 0 aliphatic heterocycles. The fourth-order valence-electron chi connectivity index (χ4n) is 1.32. The number of carbonyl (C=O) groups is 1. The normalized spacial score (nSPS) is 11.2. The Labute approximate surface area is 108 Å². The maximum atomic E-state index is 11.6. The van der Waals surface area contributed by atoms with E-state index in [1.165, 1.54) is 0 Å². The lowest BCUT2D eigenvalue weighted by molar-refractivity contribution is -0.116. The molecule has 1 atom stereocenters. The fourth-order valence-corrected chi connectivity index (χ4v) is 1.32. The summed E-state index contributed by atoms with van der Waals surface area (Å²) in [5, 5.41) is 2.80. The van der Waals surface area contributed by atoms with E-state index in [4.69, 9.17) is 10.5 Å².